The summed E-state index contributed by atoms with van der Waals surface area (Å²) in [4.78, 5) is 14.5. The van der Waals surface area contributed by atoms with Gasteiger partial charge in [0.1, 0.15) is 12.4 Å². The molecule has 2 N–H and O–H groups in total. The van der Waals surface area contributed by atoms with Gasteiger partial charge in [0, 0.05) is 25.2 Å². The van der Waals surface area contributed by atoms with Crippen molar-refractivity contribution in [2.75, 3.05) is 20.2 Å². The Kier molecular flexibility index (Phi) is 7.40. The van der Waals surface area contributed by atoms with Gasteiger partial charge in [0.15, 0.2) is 11.5 Å². The van der Waals surface area contributed by atoms with Gasteiger partial charge in [-0.2, -0.15) is 0 Å². The zero-order valence-corrected chi connectivity index (χ0v) is 16.9. The van der Waals surface area contributed by atoms with E-state index >= 15 is 0 Å². The predicted octanol–water partition coefficient (Wildman–Crippen LogP) is 4.01. The Morgan fingerprint density at radius 2 is 1.70 bits per heavy atom. The number of amides is 1. The van der Waals surface area contributed by atoms with E-state index in [1.54, 1.807) is 12.0 Å². The standard InChI is InChI=1S/C24H25FN2O3/c1-29-23-15-19(7-12-22(23)30-17-18-5-3-2-4-6-18)16-27(14-13-26)24(28)20-8-10-21(25)11-9-20/h2-12,15H,13-14,16-17,26H2,1H3. The maximum Gasteiger partial charge on any atom is 0.254 e. The molecule has 0 radical (unpaired) electrons. The van der Waals surface area contributed by atoms with Gasteiger partial charge in [0.05, 0.1) is 7.11 Å². The van der Waals surface area contributed by atoms with E-state index in [-0.39, 0.29) is 11.7 Å². The maximum absolute atomic E-state index is 13.2. The van der Waals surface area contributed by atoms with Crippen molar-refractivity contribution in [1.29, 1.82) is 0 Å². The molecule has 0 saturated carbocycles. The highest BCUT2D eigenvalue weighted by atomic mass is 19.1. The van der Waals surface area contributed by atoms with E-state index in [0.717, 1.165) is 11.1 Å². The fourth-order valence-corrected chi connectivity index (χ4v) is 3.07. The van der Waals surface area contributed by atoms with Crippen LogP contribution in [0.3, 0.4) is 0 Å². The summed E-state index contributed by atoms with van der Waals surface area (Å²) in [5.74, 6) is 0.627. The molecule has 5 nitrogen and oxygen atoms in total. The van der Waals surface area contributed by atoms with Gasteiger partial charge >= 0.3 is 0 Å². The average molecular weight is 408 g/mol. The van der Waals surface area contributed by atoms with Gasteiger partial charge in [-0.25, -0.2) is 4.39 Å². The molecule has 30 heavy (non-hydrogen) atoms. The Labute approximate surface area is 175 Å². The lowest BCUT2D eigenvalue weighted by atomic mass is 10.1. The van der Waals surface area contributed by atoms with Gasteiger partial charge in [0.2, 0.25) is 0 Å². The minimum absolute atomic E-state index is 0.205. The zero-order valence-electron chi connectivity index (χ0n) is 16.9. The highest BCUT2D eigenvalue weighted by molar-refractivity contribution is 5.94. The van der Waals surface area contributed by atoms with Gasteiger partial charge in [-0.05, 0) is 47.5 Å². The van der Waals surface area contributed by atoms with E-state index in [0.29, 0.717) is 43.3 Å². The Balaban J connectivity index is 1.73. The SMILES string of the molecule is COc1cc(CN(CCN)C(=O)c2ccc(F)cc2)ccc1OCc1ccccc1. The number of carbonyl (C=O) groups is 1. The van der Waals surface area contributed by atoms with Crippen LogP contribution in [0.15, 0.2) is 72.8 Å². The number of ether oxygens (including phenoxy) is 2. The van der Waals surface area contributed by atoms with Crippen molar-refractivity contribution in [3.05, 3.63) is 95.3 Å². The molecule has 0 aromatic heterocycles. The lowest BCUT2D eigenvalue weighted by Gasteiger charge is -2.23. The van der Waals surface area contributed by atoms with Crippen LogP contribution < -0.4 is 15.2 Å². The fourth-order valence-electron chi connectivity index (χ4n) is 3.07. The van der Waals surface area contributed by atoms with Crippen LogP contribution in [0.2, 0.25) is 0 Å². The minimum atomic E-state index is -0.382. The molecule has 0 heterocycles. The van der Waals surface area contributed by atoms with Gasteiger partial charge in [-0.3, -0.25) is 4.79 Å². The van der Waals surface area contributed by atoms with E-state index in [9.17, 15) is 9.18 Å². The summed E-state index contributed by atoms with van der Waals surface area (Å²) in [6, 6.07) is 20.9. The van der Waals surface area contributed by atoms with Crippen LogP contribution in [0.4, 0.5) is 4.39 Å². The van der Waals surface area contributed by atoms with Crippen molar-refractivity contribution in [2.24, 2.45) is 5.73 Å². The number of nitrogens with zero attached hydrogens (tertiary/aromatic N) is 1. The Bertz CT molecular complexity index is 962. The lowest BCUT2D eigenvalue weighted by molar-refractivity contribution is 0.0748. The molecule has 1 amide bonds. The first kappa shape index (κ1) is 21.3. The topological polar surface area (TPSA) is 64.8 Å². The molecule has 0 saturated heterocycles. The highest BCUT2D eigenvalue weighted by Crippen LogP contribution is 2.29. The van der Waals surface area contributed by atoms with Crippen LogP contribution in [-0.2, 0) is 13.2 Å². The summed E-state index contributed by atoms with van der Waals surface area (Å²) in [7, 11) is 1.58. The van der Waals surface area contributed by atoms with E-state index in [1.807, 2.05) is 48.5 Å². The largest absolute Gasteiger partial charge is 0.493 e. The number of carbonyl (C=O) groups excluding carboxylic acids is 1. The summed E-state index contributed by atoms with van der Waals surface area (Å²) in [5, 5.41) is 0. The maximum atomic E-state index is 13.2. The number of hydrogen-bond acceptors (Lipinski definition) is 4. The number of halogens is 1. The third-order valence-corrected chi connectivity index (χ3v) is 4.62. The van der Waals surface area contributed by atoms with E-state index < -0.39 is 0 Å². The third-order valence-electron chi connectivity index (χ3n) is 4.62. The molecule has 3 rings (SSSR count). The molecular formula is C24H25FN2O3. The molecule has 0 aliphatic carbocycles. The number of nitrogens with two attached hydrogens (primary N) is 1. The summed E-state index contributed by atoms with van der Waals surface area (Å²) < 4.78 is 24.5. The van der Waals surface area contributed by atoms with Crippen molar-refractivity contribution >= 4 is 5.91 Å². The molecule has 0 aliphatic rings. The quantitative estimate of drug-likeness (QED) is 0.581. The van der Waals surface area contributed by atoms with Gasteiger partial charge in [-0.1, -0.05) is 36.4 Å². The Morgan fingerprint density at radius 3 is 2.37 bits per heavy atom. The van der Waals surface area contributed by atoms with Crippen LogP contribution >= 0.6 is 0 Å². The monoisotopic (exact) mass is 408 g/mol. The summed E-state index contributed by atoms with van der Waals surface area (Å²) in [6.45, 7) is 1.48. The smallest absolute Gasteiger partial charge is 0.254 e. The van der Waals surface area contributed by atoms with Gasteiger partial charge in [-0.15, -0.1) is 0 Å². The Hall–Kier alpha value is -3.38. The first-order valence-corrected chi connectivity index (χ1v) is 9.69. The summed E-state index contributed by atoms with van der Waals surface area (Å²) in [6.07, 6.45) is 0. The fraction of sp³-hybridized carbons (Fsp3) is 0.208. The molecule has 156 valence electrons. The third kappa shape index (κ3) is 5.58. The first-order valence-electron chi connectivity index (χ1n) is 9.69. The van der Waals surface area contributed by atoms with Crippen molar-refractivity contribution in [2.45, 2.75) is 13.2 Å². The number of methoxy groups -OCH3 is 1. The first-order chi connectivity index (χ1) is 14.6. The zero-order chi connectivity index (χ0) is 21.3. The van der Waals surface area contributed by atoms with Crippen LogP contribution in [-0.4, -0.2) is 31.0 Å². The van der Waals surface area contributed by atoms with Gasteiger partial charge < -0.3 is 20.1 Å². The molecule has 0 atom stereocenters. The average Bonchev–Trinajstić information content (AvgIpc) is 2.78. The molecule has 3 aromatic carbocycles. The van der Waals surface area contributed by atoms with Crippen LogP contribution in [0.25, 0.3) is 0 Å². The number of hydrogen-bond donors (Lipinski definition) is 1. The second kappa shape index (κ2) is 10.4. The molecule has 0 unspecified atom stereocenters. The molecule has 6 heteroatoms. The van der Waals surface area contributed by atoms with Crippen molar-refractivity contribution < 1.29 is 18.7 Å². The highest BCUT2D eigenvalue weighted by Gasteiger charge is 2.17. The van der Waals surface area contributed by atoms with Crippen LogP contribution in [0.5, 0.6) is 11.5 Å². The van der Waals surface area contributed by atoms with Crippen molar-refractivity contribution in [1.82, 2.24) is 4.90 Å². The van der Waals surface area contributed by atoms with Crippen molar-refractivity contribution in [3.63, 3.8) is 0 Å². The summed E-state index contributed by atoms with van der Waals surface area (Å²) in [5.41, 5.74) is 8.05. The molecule has 0 spiro atoms. The predicted molar refractivity (Wildman–Crippen MR) is 114 cm³/mol. The minimum Gasteiger partial charge on any atom is -0.493 e. The molecule has 0 aliphatic heterocycles. The molecule has 0 bridgehead atoms. The Morgan fingerprint density at radius 1 is 0.967 bits per heavy atom. The van der Waals surface area contributed by atoms with Gasteiger partial charge in [0.25, 0.3) is 5.91 Å². The lowest BCUT2D eigenvalue weighted by Crippen LogP contribution is -2.34. The van der Waals surface area contributed by atoms with Crippen LogP contribution in [0, 0.1) is 5.82 Å². The van der Waals surface area contributed by atoms with Crippen molar-refractivity contribution in [3.8, 4) is 11.5 Å². The molecule has 3 aromatic rings. The molecule has 0 fully saturated rings. The number of benzene rings is 3. The van der Waals surface area contributed by atoms with E-state index in [4.69, 9.17) is 15.2 Å². The second-order valence-electron chi connectivity index (χ2n) is 6.78. The summed E-state index contributed by atoms with van der Waals surface area (Å²) >= 11 is 0. The normalized spacial score (nSPS) is 10.5. The molecular weight excluding hydrogens is 383 g/mol. The second-order valence-corrected chi connectivity index (χ2v) is 6.78. The van der Waals surface area contributed by atoms with Crippen LogP contribution in [0.1, 0.15) is 21.5 Å². The number of rotatable bonds is 9. The van der Waals surface area contributed by atoms with E-state index in [2.05, 4.69) is 0 Å². The van der Waals surface area contributed by atoms with E-state index in [1.165, 1.54) is 24.3 Å².